The van der Waals surface area contributed by atoms with Gasteiger partial charge in [-0.05, 0) is 13.0 Å². The average molecular weight is 182 g/mol. The smallest absolute Gasteiger partial charge is 0.218 e. The topological polar surface area (TPSA) is 68.4 Å². The minimum absolute atomic E-state index is 0.0189. The van der Waals surface area contributed by atoms with Gasteiger partial charge in [0.2, 0.25) is 5.88 Å². The molecule has 0 unspecified atom stereocenters. The summed E-state index contributed by atoms with van der Waals surface area (Å²) in [4.78, 5) is 4.02. The number of ether oxygens (including phenoxy) is 1. The third kappa shape index (κ3) is 2.68. The van der Waals surface area contributed by atoms with Crippen LogP contribution in [-0.2, 0) is 0 Å². The van der Waals surface area contributed by atoms with Crippen molar-refractivity contribution in [3.05, 3.63) is 23.9 Å². The molecule has 0 saturated heterocycles. The Balaban J connectivity index is 2.78. The van der Waals surface area contributed by atoms with Gasteiger partial charge in [0.1, 0.15) is 6.61 Å². The van der Waals surface area contributed by atoms with Crippen LogP contribution in [0.1, 0.15) is 18.5 Å². The van der Waals surface area contributed by atoms with Crippen molar-refractivity contribution < 1.29 is 9.84 Å². The van der Waals surface area contributed by atoms with E-state index in [0.717, 1.165) is 5.56 Å². The first-order valence-electron chi connectivity index (χ1n) is 4.20. The summed E-state index contributed by atoms with van der Waals surface area (Å²) in [5.74, 6) is 0.506. The highest BCUT2D eigenvalue weighted by Gasteiger charge is 2.07. The van der Waals surface area contributed by atoms with Crippen molar-refractivity contribution in [2.45, 2.75) is 13.0 Å². The summed E-state index contributed by atoms with van der Waals surface area (Å²) in [5, 5.41) is 8.57. The van der Waals surface area contributed by atoms with Gasteiger partial charge >= 0.3 is 0 Å². The van der Waals surface area contributed by atoms with Gasteiger partial charge in [0.05, 0.1) is 6.61 Å². The lowest BCUT2D eigenvalue weighted by Crippen LogP contribution is -2.10. The molecule has 4 nitrogen and oxygen atoms in total. The van der Waals surface area contributed by atoms with Crippen LogP contribution in [0.25, 0.3) is 0 Å². The van der Waals surface area contributed by atoms with E-state index in [1.54, 1.807) is 6.20 Å². The summed E-state index contributed by atoms with van der Waals surface area (Å²) in [5.41, 5.74) is 6.56. The lowest BCUT2D eigenvalue weighted by atomic mass is 10.1. The second-order valence-corrected chi connectivity index (χ2v) is 2.76. The number of rotatable bonds is 4. The summed E-state index contributed by atoms with van der Waals surface area (Å²) in [6.45, 7) is 2.09. The zero-order valence-corrected chi connectivity index (χ0v) is 7.60. The lowest BCUT2D eigenvalue weighted by molar-refractivity contribution is 0.195. The highest BCUT2D eigenvalue weighted by atomic mass is 16.5. The lowest BCUT2D eigenvalue weighted by Gasteiger charge is -2.11. The monoisotopic (exact) mass is 182 g/mol. The summed E-state index contributed by atoms with van der Waals surface area (Å²) < 4.78 is 5.21. The zero-order valence-electron chi connectivity index (χ0n) is 7.60. The van der Waals surface area contributed by atoms with Crippen LogP contribution in [-0.4, -0.2) is 23.3 Å². The summed E-state index contributed by atoms with van der Waals surface area (Å²) >= 11 is 0. The Kier molecular flexibility index (Phi) is 3.67. The van der Waals surface area contributed by atoms with Gasteiger partial charge in [-0.15, -0.1) is 0 Å². The fraction of sp³-hybridized carbons (Fsp3) is 0.444. The van der Waals surface area contributed by atoms with Crippen molar-refractivity contribution in [3.8, 4) is 5.88 Å². The molecule has 13 heavy (non-hydrogen) atoms. The number of aromatic nitrogens is 1. The van der Waals surface area contributed by atoms with Gasteiger partial charge in [-0.25, -0.2) is 4.98 Å². The Labute approximate surface area is 77.4 Å². The van der Waals surface area contributed by atoms with E-state index in [2.05, 4.69) is 4.98 Å². The molecule has 0 radical (unpaired) electrons. The molecule has 0 amide bonds. The molecule has 0 fully saturated rings. The molecule has 0 aromatic carbocycles. The Morgan fingerprint density at radius 3 is 3.08 bits per heavy atom. The molecule has 0 bridgehead atoms. The largest absolute Gasteiger partial charge is 0.475 e. The van der Waals surface area contributed by atoms with E-state index in [9.17, 15) is 0 Å². The average Bonchev–Trinajstić information content (AvgIpc) is 2.15. The molecule has 1 rings (SSSR count). The Morgan fingerprint density at radius 2 is 2.46 bits per heavy atom. The predicted molar refractivity (Wildman–Crippen MR) is 49.4 cm³/mol. The molecule has 0 aliphatic heterocycles. The van der Waals surface area contributed by atoms with Gasteiger partial charge in [0.15, 0.2) is 0 Å². The highest BCUT2D eigenvalue weighted by Crippen LogP contribution is 2.19. The minimum Gasteiger partial charge on any atom is -0.475 e. The number of nitrogens with two attached hydrogens (primary N) is 1. The number of hydrogen-bond donors (Lipinski definition) is 2. The van der Waals surface area contributed by atoms with Crippen molar-refractivity contribution in [1.29, 1.82) is 0 Å². The summed E-state index contributed by atoms with van der Waals surface area (Å²) in [7, 11) is 0. The van der Waals surface area contributed by atoms with Crippen LogP contribution in [0, 0.1) is 0 Å². The SMILES string of the molecule is C[C@@H](N)c1cccnc1OCCO. The van der Waals surface area contributed by atoms with Gasteiger partial charge in [0, 0.05) is 17.8 Å². The predicted octanol–water partition coefficient (Wildman–Crippen LogP) is 0.472. The number of nitrogens with zero attached hydrogens (tertiary/aromatic N) is 1. The third-order valence-corrected chi connectivity index (χ3v) is 1.62. The van der Waals surface area contributed by atoms with Crippen molar-refractivity contribution in [1.82, 2.24) is 4.98 Å². The van der Waals surface area contributed by atoms with Crippen LogP contribution in [0.15, 0.2) is 18.3 Å². The molecule has 1 atom stereocenters. The quantitative estimate of drug-likeness (QED) is 0.710. The van der Waals surface area contributed by atoms with Gasteiger partial charge in [-0.2, -0.15) is 0 Å². The van der Waals surface area contributed by atoms with Gasteiger partial charge in [0.25, 0.3) is 0 Å². The number of aliphatic hydroxyl groups is 1. The van der Waals surface area contributed by atoms with Gasteiger partial charge in [-0.1, -0.05) is 6.07 Å². The number of aliphatic hydroxyl groups excluding tert-OH is 1. The van der Waals surface area contributed by atoms with Gasteiger partial charge in [-0.3, -0.25) is 0 Å². The maximum Gasteiger partial charge on any atom is 0.218 e. The van der Waals surface area contributed by atoms with Crippen LogP contribution in [0.4, 0.5) is 0 Å². The van der Waals surface area contributed by atoms with E-state index in [1.165, 1.54) is 0 Å². The molecule has 0 aliphatic rings. The molecule has 0 aliphatic carbocycles. The fourth-order valence-corrected chi connectivity index (χ4v) is 1.01. The standard InChI is InChI=1S/C9H14N2O2/c1-7(10)8-3-2-4-11-9(8)13-6-5-12/h2-4,7,12H,5-6,10H2,1H3/t7-/m1/s1. The maximum atomic E-state index is 8.57. The Morgan fingerprint density at radius 1 is 1.69 bits per heavy atom. The molecule has 3 N–H and O–H groups in total. The van der Waals surface area contributed by atoms with E-state index in [0.29, 0.717) is 5.88 Å². The summed E-state index contributed by atoms with van der Waals surface area (Å²) in [6.07, 6.45) is 1.64. The molecule has 4 heteroatoms. The minimum atomic E-state index is -0.109. The maximum absolute atomic E-state index is 8.57. The second-order valence-electron chi connectivity index (χ2n) is 2.76. The van der Waals surface area contributed by atoms with Crippen molar-refractivity contribution >= 4 is 0 Å². The molecule has 1 heterocycles. The number of hydrogen-bond acceptors (Lipinski definition) is 4. The normalized spacial score (nSPS) is 12.5. The molecule has 0 spiro atoms. The van der Waals surface area contributed by atoms with Crippen LogP contribution in [0.3, 0.4) is 0 Å². The summed E-state index contributed by atoms with van der Waals surface area (Å²) in [6, 6.07) is 3.57. The first-order chi connectivity index (χ1) is 6.25. The highest BCUT2D eigenvalue weighted by molar-refractivity contribution is 5.27. The molecule has 1 aromatic rings. The Bertz CT molecular complexity index is 264. The molecule has 0 saturated carbocycles. The van der Waals surface area contributed by atoms with E-state index < -0.39 is 0 Å². The van der Waals surface area contributed by atoms with E-state index in [-0.39, 0.29) is 19.3 Å². The van der Waals surface area contributed by atoms with Crippen LogP contribution < -0.4 is 10.5 Å². The fourth-order valence-electron chi connectivity index (χ4n) is 1.01. The van der Waals surface area contributed by atoms with Crippen molar-refractivity contribution in [2.75, 3.05) is 13.2 Å². The molecule has 1 aromatic heterocycles. The van der Waals surface area contributed by atoms with Crippen LogP contribution in [0.2, 0.25) is 0 Å². The zero-order chi connectivity index (χ0) is 9.68. The first-order valence-corrected chi connectivity index (χ1v) is 4.20. The van der Waals surface area contributed by atoms with E-state index >= 15 is 0 Å². The van der Waals surface area contributed by atoms with Crippen molar-refractivity contribution in [3.63, 3.8) is 0 Å². The first kappa shape index (κ1) is 9.95. The Hall–Kier alpha value is -1.13. The van der Waals surface area contributed by atoms with Crippen LogP contribution in [0.5, 0.6) is 5.88 Å². The third-order valence-electron chi connectivity index (χ3n) is 1.62. The number of pyridine rings is 1. The van der Waals surface area contributed by atoms with Crippen LogP contribution >= 0.6 is 0 Å². The second kappa shape index (κ2) is 4.79. The van der Waals surface area contributed by atoms with E-state index in [1.807, 2.05) is 19.1 Å². The van der Waals surface area contributed by atoms with Gasteiger partial charge < -0.3 is 15.6 Å². The molecular weight excluding hydrogens is 168 g/mol. The van der Waals surface area contributed by atoms with E-state index in [4.69, 9.17) is 15.6 Å². The molecular formula is C9H14N2O2. The molecule has 72 valence electrons. The van der Waals surface area contributed by atoms with Crippen molar-refractivity contribution in [2.24, 2.45) is 5.73 Å².